The van der Waals surface area contributed by atoms with E-state index in [1.54, 1.807) is 0 Å². The van der Waals surface area contributed by atoms with Crippen LogP contribution in [0.2, 0.25) is 0 Å². The van der Waals surface area contributed by atoms with Crippen molar-refractivity contribution < 1.29 is 14.3 Å². The summed E-state index contributed by atoms with van der Waals surface area (Å²) in [6, 6.07) is 0. The number of ether oxygens (including phenoxy) is 1. The second-order valence-corrected chi connectivity index (χ2v) is 3.95. The molecule has 2 atom stereocenters. The Hall–Kier alpha value is -0.860. The highest BCUT2D eigenvalue weighted by atomic mass is 16.5. The first-order chi connectivity index (χ1) is 6.06. The van der Waals surface area contributed by atoms with Crippen molar-refractivity contribution in [2.45, 2.75) is 26.7 Å². The van der Waals surface area contributed by atoms with Crippen molar-refractivity contribution in [1.82, 2.24) is 0 Å². The van der Waals surface area contributed by atoms with Gasteiger partial charge in [0.1, 0.15) is 5.78 Å². The van der Waals surface area contributed by atoms with E-state index in [4.69, 9.17) is 4.74 Å². The van der Waals surface area contributed by atoms with Gasteiger partial charge < -0.3 is 4.74 Å². The quantitative estimate of drug-likeness (QED) is 0.579. The number of hydrogen-bond donors (Lipinski definition) is 0. The molecular weight excluding hydrogens is 168 g/mol. The number of methoxy groups -OCH3 is 1. The molecule has 1 saturated carbocycles. The lowest BCUT2D eigenvalue weighted by Gasteiger charge is -2.31. The van der Waals surface area contributed by atoms with Gasteiger partial charge in [0.05, 0.1) is 13.0 Å². The van der Waals surface area contributed by atoms with Crippen LogP contribution in [0.15, 0.2) is 0 Å². The number of hydrogen-bond acceptors (Lipinski definition) is 3. The van der Waals surface area contributed by atoms with E-state index < -0.39 is 0 Å². The Labute approximate surface area is 78.5 Å². The molecular formula is C10H16O3. The van der Waals surface area contributed by atoms with Crippen LogP contribution in [0.3, 0.4) is 0 Å². The van der Waals surface area contributed by atoms with Gasteiger partial charge in [0.2, 0.25) is 0 Å². The monoisotopic (exact) mass is 184 g/mol. The van der Waals surface area contributed by atoms with Gasteiger partial charge in [0.25, 0.3) is 0 Å². The standard InChI is InChI=1S/C10H16O3/c1-6-4-8(11)5-7(2)9(6)10(12)13-3/h6-7,9H,4-5H2,1-3H3. The van der Waals surface area contributed by atoms with E-state index >= 15 is 0 Å². The fraction of sp³-hybridized carbons (Fsp3) is 0.800. The van der Waals surface area contributed by atoms with E-state index in [-0.39, 0.29) is 29.5 Å². The van der Waals surface area contributed by atoms with Gasteiger partial charge in [-0.05, 0) is 11.8 Å². The largest absolute Gasteiger partial charge is 0.469 e. The van der Waals surface area contributed by atoms with Crippen molar-refractivity contribution in [3.05, 3.63) is 0 Å². The molecule has 0 radical (unpaired) electrons. The lowest BCUT2D eigenvalue weighted by molar-refractivity contribution is -0.151. The van der Waals surface area contributed by atoms with Gasteiger partial charge in [-0.25, -0.2) is 0 Å². The average Bonchev–Trinajstić information content (AvgIpc) is 2.02. The second kappa shape index (κ2) is 3.90. The lowest BCUT2D eigenvalue weighted by atomic mass is 9.73. The first kappa shape index (κ1) is 10.2. The van der Waals surface area contributed by atoms with E-state index in [1.807, 2.05) is 13.8 Å². The molecule has 0 spiro atoms. The molecule has 74 valence electrons. The summed E-state index contributed by atoms with van der Waals surface area (Å²) in [5.74, 6) is 0.253. The normalized spacial score (nSPS) is 34.4. The average molecular weight is 184 g/mol. The Morgan fingerprint density at radius 1 is 1.31 bits per heavy atom. The van der Waals surface area contributed by atoms with E-state index in [0.29, 0.717) is 12.8 Å². The van der Waals surface area contributed by atoms with Crippen LogP contribution in [0.4, 0.5) is 0 Å². The number of carbonyl (C=O) groups is 2. The smallest absolute Gasteiger partial charge is 0.309 e. The van der Waals surface area contributed by atoms with Crippen molar-refractivity contribution in [2.24, 2.45) is 17.8 Å². The molecule has 1 fully saturated rings. The Balaban J connectivity index is 2.72. The highest BCUT2D eigenvalue weighted by Crippen LogP contribution is 2.33. The van der Waals surface area contributed by atoms with Gasteiger partial charge in [-0.1, -0.05) is 13.8 Å². The minimum Gasteiger partial charge on any atom is -0.469 e. The summed E-state index contributed by atoms with van der Waals surface area (Å²) in [6.45, 7) is 3.88. The van der Waals surface area contributed by atoms with Crippen molar-refractivity contribution >= 4 is 11.8 Å². The highest BCUT2D eigenvalue weighted by Gasteiger charge is 2.37. The summed E-state index contributed by atoms with van der Waals surface area (Å²) in [4.78, 5) is 22.5. The number of rotatable bonds is 1. The maximum atomic E-state index is 11.4. The predicted molar refractivity (Wildman–Crippen MR) is 48.1 cm³/mol. The molecule has 13 heavy (non-hydrogen) atoms. The molecule has 0 aromatic heterocycles. The first-order valence-electron chi connectivity index (χ1n) is 4.65. The van der Waals surface area contributed by atoms with E-state index in [9.17, 15) is 9.59 Å². The molecule has 0 N–H and O–H groups in total. The minimum atomic E-state index is -0.174. The van der Waals surface area contributed by atoms with Crippen LogP contribution in [-0.4, -0.2) is 18.9 Å². The molecule has 3 nitrogen and oxygen atoms in total. The molecule has 0 heterocycles. The fourth-order valence-electron chi connectivity index (χ4n) is 2.22. The van der Waals surface area contributed by atoms with Gasteiger partial charge in [-0.15, -0.1) is 0 Å². The van der Waals surface area contributed by atoms with Crippen molar-refractivity contribution in [3.8, 4) is 0 Å². The van der Waals surface area contributed by atoms with E-state index in [1.165, 1.54) is 7.11 Å². The van der Waals surface area contributed by atoms with Crippen LogP contribution in [-0.2, 0) is 14.3 Å². The fourth-order valence-corrected chi connectivity index (χ4v) is 2.22. The molecule has 3 heteroatoms. The number of esters is 1. The lowest BCUT2D eigenvalue weighted by Crippen LogP contribution is -2.36. The number of carbonyl (C=O) groups excluding carboxylic acids is 2. The Bertz CT molecular complexity index is 208. The van der Waals surface area contributed by atoms with Crippen LogP contribution in [0.25, 0.3) is 0 Å². The van der Waals surface area contributed by atoms with Crippen LogP contribution >= 0.6 is 0 Å². The van der Waals surface area contributed by atoms with Gasteiger partial charge >= 0.3 is 5.97 Å². The van der Waals surface area contributed by atoms with Crippen LogP contribution in [0, 0.1) is 17.8 Å². The third-order valence-electron chi connectivity index (χ3n) is 2.80. The van der Waals surface area contributed by atoms with Gasteiger partial charge in [-0.2, -0.15) is 0 Å². The minimum absolute atomic E-state index is 0.0947. The molecule has 0 bridgehead atoms. The molecule has 0 aromatic carbocycles. The predicted octanol–water partition coefficient (Wildman–Crippen LogP) is 1.41. The van der Waals surface area contributed by atoms with Crippen LogP contribution in [0.5, 0.6) is 0 Å². The summed E-state index contributed by atoms with van der Waals surface area (Å²) < 4.78 is 4.72. The molecule has 0 aliphatic heterocycles. The zero-order valence-corrected chi connectivity index (χ0v) is 8.37. The van der Waals surface area contributed by atoms with Crippen molar-refractivity contribution in [3.63, 3.8) is 0 Å². The number of ketones is 1. The highest BCUT2D eigenvalue weighted by molar-refractivity contribution is 5.83. The summed E-state index contributed by atoms with van der Waals surface area (Å²) >= 11 is 0. The molecule has 1 aliphatic carbocycles. The summed E-state index contributed by atoms with van der Waals surface area (Å²) in [5, 5.41) is 0. The van der Waals surface area contributed by atoms with Crippen LogP contribution < -0.4 is 0 Å². The SMILES string of the molecule is COC(=O)C1C(C)CC(=O)CC1C. The Kier molecular flexibility index (Phi) is 3.07. The molecule has 0 saturated heterocycles. The maximum Gasteiger partial charge on any atom is 0.309 e. The van der Waals surface area contributed by atoms with E-state index in [2.05, 4.69) is 0 Å². The van der Waals surface area contributed by atoms with Crippen molar-refractivity contribution in [1.29, 1.82) is 0 Å². The maximum absolute atomic E-state index is 11.4. The second-order valence-electron chi connectivity index (χ2n) is 3.95. The van der Waals surface area contributed by atoms with Gasteiger partial charge in [-0.3, -0.25) is 9.59 Å². The first-order valence-corrected chi connectivity index (χ1v) is 4.65. The molecule has 1 aliphatic rings. The van der Waals surface area contributed by atoms with Crippen molar-refractivity contribution in [2.75, 3.05) is 7.11 Å². The molecule has 0 amide bonds. The third-order valence-corrected chi connectivity index (χ3v) is 2.80. The topological polar surface area (TPSA) is 43.4 Å². The zero-order chi connectivity index (χ0) is 10.0. The number of Topliss-reactive ketones (excluding diaryl/α,β-unsaturated/α-hetero) is 1. The summed E-state index contributed by atoms with van der Waals surface area (Å²) in [5.41, 5.74) is 0. The van der Waals surface area contributed by atoms with E-state index in [0.717, 1.165) is 0 Å². The summed E-state index contributed by atoms with van der Waals surface area (Å²) in [7, 11) is 1.40. The molecule has 2 unspecified atom stereocenters. The zero-order valence-electron chi connectivity index (χ0n) is 8.37. The third kappa shape index (κ3) is 2.08. The molecule has 0 aromatic rings. The van der Waals surface area contributed by atoms with Crippen LogP contribution in [0.1, 0.15) is 26.7 Å². The summed E-state index contributed by atoms with van der Waals surface area (Å²) in [6.07, 6.45) is 1.04. The molecule has 1 rings (SSSR count). The Morgan fingerprint density at radius 3 is 2.15 bits per heavy atom. The Morgan fingerprint density at radius 2 is 1.77 bits per heavy atom. The van der Waals surface area contributed by atoms with Gasteiger partial charge in [0.15, 0.2) is 0 Å². The van der Waals surface area contributed by atoms with Gasteiger partial charge in [0, 0.05) is 12.8 Å².